The van der Waals surface area contributed by atoms with Gasteiger partial charge >= 0.3 is 17.6 Å². The molecule has 0 spiro atoms. The van der Waals surface area contributed by atoms with Gasteiger partial charge in [-0.15, -0.1) is 0 Å². The molecule has 2 aromatic rings. The van der Waals surface area contributed by atoms with Crippen LogP contribution in [0, 0.1) is 6.92 Å². The van der Waals surface area contributed by atoms with Crippen molar-refractivity contribution < 1.29 is 28.2 Å². The molecule has 0 radical (unpaired) electrons. The van der Waals surface area contributed by atoms with Crippen LogP contribution in [-0.2, 0) is 19.1 Å². The molecule has 1 aliphatic rings. The Morgan fingerprint density at radius 1 is 1.12 bits per heavy atom. The first-order valence-electron chi connectivity index (χ1n) is 8.21. The SMILES string of the molecule is CC(=O)O[C@@H]1c2c(ccc3c(C)cc(=O)oc23)OC(C)(C)[C@@H]1OC(C)=O. The topological polar surface area (TPSA) is 92.0 Å². The average molecular weight is 360 g/mol. The molecule has 138 valence electrons. The van der Waals surface area contributed by atoms with Crippen molar-refractivity contribution in [3.63, 3.8) is 0 Å². The highest BCUT2D eigenvalue weighted by atomic mass is 16.6. The lowest BCUT2D eigenvalue weighted by atomic mass is 9.87. The number of rotatable bonds is 2. The molecule has 0 saturated heterocycles. The van der Waals surface area contributed by atoms with Crippen LogP contribution in [0.1, 0.15) is 44.9 Å². The average Bonchev–Trinajstić information content (AvgIpc) is 2.48. The molecule has 0 fully saturated rings. The van der Waals surface area contributed by atoms with Gasteiger partial charge in [0.1, 0.15) is 16.9 Å². The Hall–Kier alpha value is -2.83. The van der Waals surface area contributed by atoms with Gasteiger partial charge in [0.25, 0.3) is 0 Å². The van der Waals surface area contributed by atoms with Crippen LogP contribution in [-0.4, -0.2) is 23.6 Å². The second kappa shape index (κ2) is 6.16. The summed E-state index contributed by atoms with van der Waals surface area (Å²) in [6.45, 7) is 7.78. The summed E-state index contributed by atoms with van der Waals surface area (Å²) in [5.74, 6) is -0.682. The van der Waals surface area contributed by atoms with E-state index < -0.39 is 35.4 Å². The molecule has 2 atom stereocenters. The zero-order valence-corrected chi connectivity index (χ0v) is 15.2. The summed E-state index contributed by atoms with van der Waals surface area (Å²) in [6, 6.07) is 4.89. The molecule has 0 amide bonds. The van der Waals surface area contributed by atoms with Gasteiger partial charge in [0.2, 0.25) is 0 Å². The van der Waals surface area contributed by atoms with Crippen molar-refractivity contribution in [3.05, 3.63) is 39.7 Å². The molecule has 2 heterocycles. The third kappa shape index (κ3) is 3.05. The summed E-state index contributed by atoms with van der Waals surface area (Å²) < 4.78 is 22.3. The molecule has 0 bridgehead atoms. The molecule has 0 saturated carbocycles. The molecular weight excluding hydrogens is 340 g/mol. The lowest BCUT2D eigenvalue weighted by Gasteiger charge is -2.43. The standard InChI is InChI=1S/C19H20O7/c1-9-8-14(22)25-16-12(9)6-7-13-15(16)17(23-10(2)20)18(24-11(3)21)19(4,5)26-13/h6-8,17-18H,1-5H3/t17-,18-/m1/s1. The number of hydrogen-bond acceptors (Lipinski definition) is 7. The molecule has 7 nitrogen and oxygen atoms in total. The highest BCUT2D eigenvalue weighted by Crippen LogP contribution is 2.46. The van der Waals surface area contributed by atoms with Crippen LogP contribution >= 0.6 is 0 Å². The maximum atomic E-state index is 11.9. The molecule has 7 heteroatoms. The normalized spacial score (nSPS) is 20.8. The van der Waals surface area contributed by atoms with E-state index in [0.29, 0.717) is 16.7 Å². The number of esters is 2. The van der Waals surface area contributed by atoms with Gasteiger partial charge in [0.15, 0.2) is 12.2 Å². The van der Waals surface area contributed by atoms with Crippen LogP contribution in [0.4, 0.5) is 0 Å². The fourth-order valence-electron chi connectivity index (χ4n) is 3.28. The largest absolute Gasteiger partial charge is 0.483 e. The minimum absolute atomic E-state index is 0.256. The Morgan fingerprint density at radius 3 is 2.38 bits per heavy atom. The molecule has 1 aromatic carbocycles. The van der Waals surface area contributed by atoms with Gasteiger partial charge in [0.05, 0.1) is 5.56 Å². The Labute approximate surface area is 149 Å². The van der Waals surface area contributed by atoms with Gasteiger partial charge in [-0.05, 0) is 38.5 Å². The summed E-state index contributed by atoms with van der Waals surface area (Å²) >= 11 is 0. The van der Waals surface area contributed by atoms with Crippen LogP contribution in [0.5, 0.6) is 5.75 Å². The molecule has 3 rings (SSSR count). The third-order valence-electron chi connectivity index (χ3n) is 4.32. The van der Waals surface area contributed by atoms with Crippen molar-refractivity contribution in [1.82, 2.24) is 0 Å². The van der Waals surface area contributed by atoms with E-state index >= 15 is 0 Å². The molecule has 0 unspecified atom stereocenters. The number of carbonyl (C=O) groups excluding carboxylic acids is 2. The number of aryl methyl sites for hydroxylation is 1. The van der Waals surface area contributed by atoms with Gasteiger partial charge in [-0.1, -0.05) is 0 Å². The second-order valence-corrected chi connectivity index (χ2v) is 6.87. The van der Waals surface area contributed by atoms with E-state index in [4.69, 9.17) is 18.6 Å². The van der Waals surface area contributed by atoms with E-state index in [1.165, 1.54) is 19.9 Å². The molecule has 0 N–H and O–H groups in total. The number of benzene rings is 1. The summed E-state index contributed by atoms with van der Waals surface area (Å²) in [5, 5.41) is 0.686. The van der Waals surface area contributed by atoms with E-state index in [0.717, 1.165) is 5.56 Å². The van der Waals surface area contributed by atoms with Crippen LogP contribution in [0.15, 0.2) is 27.4 Å². The van der Waals surface area contributed by atoms with Gasteiger partial charge in [-0.3, -0.25) is 9.59 Å². The first-order chi connectivity index (χ1) is 12.1. The first-order valence-corrected chi connectivity index (χ1v) is 8.21. The van der Waals surface area contributed by atoms with Gasteiger partial charge in [-0.2, -0.15) is 0 Å². The van der Waals surface area contributed by atoms with Crippen LogP contribution in [0.2, 0.25) is 0 Å². The van der Waals surface area contributed by atoms with Gasteiger partial charge < -0.3 is 18.6 Å². The van der Waals surface area contributed by atoms with Gasteiger partial charge in [-0.25, -0.2) is 4.79 Å². The minimum atomic E-state index is -0.969. The fraction of sp³-hybridized carbons (Fsp3) is 0.421. The van der Waals surface area contributed by atoms with E-state index in [1.54, 1.807) is 32.9 Å². The van der Waals surface area contributed by atoms with E-state index in [1.807, 2.05) is 0 Å². The van der Waals surface area contributed by atoms with Crippen LogP contribution in [0.3, 0.4) is 0 Å². The number of fused-ring (bicyclic) bond motifs is 3. The Bertz CT molecular complexity index is 954. The third-order valence-corrected chi connectivity index (χ3v) is 4.32. The fourth-order valence-corrected chi connectivity index (χ4v) is 3.28. The molecule has 26 heavy (non-hydrogen) atoms. The Balaban J connectivity index is 2.32. The maximum Gasteiger partial charge on any atom is 0.336 e. The van der Waals surface area contributed by atoms with Crippen molar-refractivity contribution in [2.45, 2.75) is 52.4 Å². The summed E-state index contributed by atoms with van der Waals surface area (Å²) in [5.41, 5.74) is -0.139. The van der Waals surface area contributed by atoms with Crippen molar-refractivity contribution in [1.29, 1.82) is 0 Å². The Morgan fingerprint density at radius 2 is 1.77 bits per heavy atom. The molecular formula is C19H20O7. The van der Waals surface area contributed by atoms with Crippen LogP contribution in [0.25, 0.3) is 11.0 Å². The van der Waals surface area contributed by atoms with Gasteiger partial charge in [0, 0.05) is 25.3 Å². The first kappa shape index (κ1) is 18.0. The monoisotopic (exact) mass is 360 g/mol. The van der Waals surface area contributed by atoms with E-state index in [9.17, 15) is 14.4 Å². The van der Waals surface area contributed by atoms with Crippen molar-refractivity contribution in [3.8, 4) is 5.75 Å². The van der Waals surface area contributed by atoms with Crippen LogP contribution < -0.4 is 10.4 Å². The number of hydrogen-bond donors (Lipinski definition) is 0. The lowest BCUT2D eigenvalue weighted by molar-refractivity contribution is -0.187. The quantitative estimate of drug-likeness (QED) is 0.600. The Kier molecular flexibility index (Phi) is 4.26. The smallest absolute Gasteiger partial charge is 0.336 e. The minimum Gasteiger partial charge on any atom is -0.483 e. The summed E-state index contributed by atoms with van der Waals surface area (Å²) in [7, 11) is 0. The number of carbonyl (C=O) groups is 2. The van der Waals surface area contributed by atoms with Crippen molar-refractivity contribution in [2.24, 2.45) is 0 Å². The summed E-state index contributed by atoms with van der Waals surface area (Å²) in [6.07, 6.45) is -1.88. The molecule has 1 aliphatic heterocycles. The van der Waals surface area contributed by atoms with Crippen molar-refractivity contribution in [2.75, 3.05) is 0 Å². The predicted molar refractivity (Wildman–Crippen MR) is 92.0 cm³/mol. The zero-order valence-electron chi connectivity index (χ0n) is 15.2. The number of ether oxygens (including phenoxy) is 3. The summed E-state index contributed by atoms with van der Waals surface area (Å²) in [4.78, 5) is 35.3. The molecule has 1 aromatic heterocycles. The highest BCUT2D eigenvalue weighted by Gasteiger charge is 2.49. The maximum absolute atomic E-state index is 11.9. The second-order valence-electron chi connectivity index (χ2n) is 6.87. The highest BCUT2D eigenvalue weighted by molar-refractivity contribution is 5.86. The predicted octanol–water partition coefficient (Wildman–Crippen LogP) is 2.81. The van der Waals surface area contributed by atoms with E-state index in [-0.39, 0.29) is 5.58 Å². The zero-order chi connectivity index (χ0) is 19.2. The lowest BCUT2D eigenvalue weighted by Crippen LogP contribution is -2.52. The van der Waals surface area contributed by atoms with Crippen molar-refractivity contribution >= 4 is 22.9 Å². The van der Waals surface area contributed by atoms with E-state index in [2.05, 4.69) is 0 Å². The molecule has 0 aliphatic carbocycles.